The minimum atomic E-state index is -3.63. The molecule has 0 N–H and O–H groups in total. The second-order valence-corrected chi connectivity index (χ2v) is 8.10. The molecule has 1 heterocycles. The number of hydrogen-bond donors (Lipinski definition) is 0. The van der Waals surface area contributed by atoms with Gasteiger partial charge in [0.1, 0.15) is 11.5 Å². The molecule has 5 heteroatoms. The van der Waals surface area contributed by atoms with Crippen LogP contribution in [0, 0.1) is 0 Å². The Morgan fingerprint density at radius 2 is 1.87 bits per heavy atom. The molecule has 4 nitrogen and oxygen atoms in total. The second kappa shape index (κ2) is 5.89. The molecular formula is C18H20O4S. The zero-order valence-electron chi connectivity index (χ0n) is 13.3. The average Bonchev–Trinajstić information content (AvgIpc) is 2.81. The highest BCUT2D eigenvalue weighted by Crippen LogP contribution is 2.40. The van der Waals surface area contributed by atoms with E-state index in [1.54, 1.807) is 18.2 Å². The Morgan fingerprint density at radius 1 is 1.13 bits per heavy atom. The summed E-state index contributed by atoms with van der Waals surface area (Å²) >= 11 is 0. The van der Waals surface area contributed by atoms with Gasteiger partial charge in [-0.2, -0.15) is 8.42 Å². The van der Waals surface area contributed by atoms with Crippen molar-refractivity contribution in [3.05, 3.63) is 59.7 Å². The SMILES string of the molecule is CC1(C)COc2ccc(OS(=O)(=O)CCc3ccccc3)cc21. The largest absolute Gasteiger partial charge is 0.492 e. The summed E-state index contributed by atoms with van der Waals surface area (Å²) in [5.41, 5.74) is 1.82. The highest BCUT2D eigenvalue weighted by Gasteiger charge is 2.32. The van der Waals surface area contributed by atoms with Gasteiger partial charge in [0, 0.05) is 11.0 Å². The molecule has 0 radical (unpaired) electrons. The van der Waals surface area contributed by atoms with Crippen LogP contribution < -0.4 is 8.92 Å². The standard InChI is InChI=1S/C18H20O4S/c1-18(2)13-21-17-9-8-15(12-16(17)18)22-23(19,20)11-10-14-6-4-3-5-7-14/h3-9,12H,10-11,13H2,1-2H3. The topological polar surface area (TPSA) is 52.6 Å². The van der Waals surface area contributed by atoms with Crippen LogP contribution in [0.5, 0.6) is 11.5 Å². The number of rotatable bonds is 5. The van der Waals surface area contributed by atoms with E-state index in [4.69, 9.17) is 8.92 Å². The van der Waals surface area contributed by atoms with Crippen LogP contribution in [0.3, 0.4) is 0 Å². The van der Waals surface area contributed by atoms with E-state index in [1.807, 2.05) is 30.3 Å². The van der Waals surface area contributed by atoms with E-state index in [0.717, 1.165) is 16.9 Å². The maximum absolute atomic E-state index is 12.2. The minimum Gasteiger partial charge on any atom is -0.492 e. The molecule has 23 heavy (non-hydrogen) atoms. The Hall–Kier alpha value is -2.01. The van der Waals surface area contributed by atoms with Gasteiger partial charge in [-0.3, -0.25) is 0 Å². The average molecular weight is 332 g/mol. The summed E-state index contributed by atoms with van der Waals surface area (Å²) in [6.07, 6.45) is 0.433. The summed E-state index contributed by atoms with van der Waals surface area (Å²) in [6.45, 7) is 4.71. The number of ether oxygens (including phenoxy) is 1. The molecule has 0 aliphatic carbocycles. The number of hydrogen-bond acceptors (Lipinski definition) is 4. The quantitative estimate of drug-likeness (QED) is 0.788. The molecule has 0 bridgehead atoms. The Kier molecular flexibility index (Phi) is 4.06. The predicted octanol–water partition coefficient (Wildman–Crippen LogP) is 3.31. The first-order valence-corrected chi connectivity index (χ1v) is 9.17. The lowest BCUT2D eigenvalue weighted by molar-refractivity contribution is 0.291. The van der Waals surface area contributed by atoms with E-state index in [9.17, 15) is 8.42 Å². The summed E-state index contributed by atoms with van der Waals surface area (Å²) in [7, 11) is -3.63. The molecule has 0 unspecified atom stereocenters. The van der Waals surface area contributed by atoms with Crippen molar-refractivity contribution in [1.29, 1.82) is 0 Å². The molecule has 0 atom stereocenters. The number of fused-ring (bicyclic) bond motifs is 1. The van der Waals surface area contributed by atoms with Gasteiger partial charge in [-0.1, -0.05) is 44.2 Å². The first-order chi connectivity index (χ1) is 10.9. The van der Waals surface area contributed by atoms with Crippen LogP contribution in [0.2, 0.25) is 0 Å². The Labute approximate surface area is 137 Å². The van der Waals surface area contributed by atoms with Crippen molar-refractivity contribution in [3.8, 4) is 11.5 Å². The number of aryl methyl sites for hydroxylation is 1. The summed E-state index contributed by atoms with van der Waals surface area (Å²) in [5, 5.41) is 0. The van der Waals surface area contributed by atoms with Gasteiger partial charge in [0.25, 0.3) is 0 Å². The second-order valence-electron chi connectivity index (χ2n) is 6.41. The van der Waals surface area contributed by atoms with Gasteiger partial charge in [0.15, 0.2) is 0 Å². The molecule has 0 amide bonds. The smallest absolute Gasteiger partial charge is 0.309 e. The third kappa shape index (κ3) is 3.67. The lowest BCUT2D eigenvalue weighted by Crippen LogP contribution is -2.19. The van der Waals surface area contributed by atoms with Crippen molar-refractivity contribution < 1.29 is 17.3 Å². The molecule has 0 spiro atoms. The van der Waals surface area contributed by atoms with Crippen molar-refractivity contribution in [3.63, 3.8) is 0 Å². The van der Waals surface area contributed by atoms with Crippen LogP contribution >= 0.6 is 0 Å². The maximum atomic E-state index is 12.2. The summed E-state index contributed by atoms with van der Waals surface area (Å²) in [6, 6.07) is 14.7. The Morgan fingerprint density at radius 3 is 2.61 bits per heavy atom. The highest BCUT2D eigenvalue weighted by atomic mass is 32.2. The number of benzene rings is 2. The molecule has 0 saturated carbocycles. The van der Waals surface area contributed by atoms with Gasteiger partial charge in [-0.25, -0.2) is 0 Å². The monoisotopic (exact) mass is 332 g/mol. The van der Waals surface area contributed by atoms with Gasteiger partial charge in [-0.15, -0.1) is 0 Å². The molecule has 0 aromatic heterocycles. The lowest BCUT2D eigenvalue weighted by atomic mass is 9.87. The maximum Gasteiger partial charge on any atom is 0.309 e. The molecule has 2 aromatic carbocycles. The fourth-order valence-corrected chi connectivity index (χ4v) is 3.59. The Balaban J connectivity index is 1.71. The van der Waals surface area contributed by atoms with E-state index in [-0.39, 0.29) is 11.2 Å². The molecule has 2 aromatic rings. The zero-order chi connectivity index (χ0) is 16.5. The Bertz CT molecular complexity index is 795. The lowest BCUT2D eigenvalue weighted by Gasteiger charge is -2.16. The normalized spacial score (nSPS) is 15.7. The molecule has 1 aliphatic heterocycles. The summed E-state index contributed by atoms with van der Waals surface area (Å²) < 4.78 is 35.2. The fourth-order valence-electron chi connectivity index (χ4n) is 2.63. The van der Waals surface area contributed by atoms with Gasteiger partial charge in [-0.05, 0) is 30.2 Å². The summed E-state index contributed by atoms with van der Waals surface area (Å²) in [5.74, 6) is 1.09. The molecule has 122 valence electrons. The van der Waals surface area contributed by atoms with E-state index in [1.165, 1.54) is 0 Å². The van der Waals surface area contributed by atoms with Crippen LogP contribution in [0.4, 0.5) is 0 Å². The van der Waals surface area contributed by atoms with E-state index in [2.05, 4.69) is 13.8 Å². The van der Waals surface area contributed by atoms with Crippen molar-refractivity contribution >= 4 is 10.1 Å². The van der Waals surface area contributed by atoms with E-state index in [0.29, 0.717) is 18.8 Å². The molecule has 1 aliphatic rings. The van der Waals surface area contributed by atoms with E-state index < -0.39 is 10.1 Å². The molecular weight excluding hydrogens is 312 g/mol. The zero-order valence-corrected chi connectivity index (χ0v) is 14.1. The third-order valence-electron chi connectivity index (χ3n) is 3.98. The van der Waals surface area contributed by atoms with Crippen LogP contribution in [0.25, 0.3) is 0 Å². The van der Waals surface area contributed by atoms with Crippen LogP contribution in [0.15, 0.2) is 48.5 Å². The molecule has 0 saturated heterocycles. The van der Waals surface area contributed by atoms with Crippen LogP contribution in [0.1, 0.15) is 25.0 Å². The summed E-state index contributed by atoms with van der Waals surface area (Å²) in [4.78, 5) is 0. The van der Waals surface area contributed by atoms with Crippen molar-refractivity contribution in [1.82, 2.24) is 0 Å². The van der Waals surface area contributed by atoms with Gasteiger partial charge in [0.2, 0.25) is 0 Å². The predicted molar refractivity (Wildman–Crippen MR) is 89.5 cm³/mol. The van der Waals surface area contributed by atoms with Gasteiger partial charge in [0.05, 0.1) is 12.4 Å². The molecule has 3 rings (SSSR count). The molecule has 0 fully saturated rings. The van der Waals surface area contributed by atoms with Crippen LogP contribution in [-0.2, 0) is 22.0 Å². The minimum absolute atomic E-state index is 0.0476. The van der Waals surface area contributed by atoms with Crippen LogP contribution in [-0.4, -0.2) is 20.8 Å². The highest BCUT2D eigenvalue weighted by molar-refractivity contribution is 7.87. The van der Waals surface area contributed by atoms with Gasteiger partial charge < -0.3 is 8.92 Å². The van der Waals surface area contributed by atoms with Gasteiger partial charge >= 0.3 is 10.1 Å². The first kappa shape index (κ1) is 15.9. The first-order valence-electron chi connectivity index (χ1n) is 7.59. The third-order valence-corrected chi connectivity index (χ3v) is 5.13. The fraction of sp³-hybridized carbons (Fsp3) is 0.333. The van der Waals surface area contributed by atoms with Crippen molar-refractivity contribution in [2.75, 3.05) is 12.4 Å². The van der Waals surface area contributed by atoms with E-state index >= 15 is 0 Å². The van der Waals surface area contributed by atoms with Crippen molar-refractivity contribution in [2.24, 2.45) is 0 Å². The van der Waals surface area contributed by atoms with Crippen molar-refractivity contribution in [2.45, 2.75) is 25.7 Å².